The SMILES string of the molecule is CCNC(=NCC(C)c1ccc(F)cc1F)NCC.I. The van der Waals surface area contributed by atoms with Crippen LogP contribution >= 0.6 is 24.0 Å². The number of rotatable bonds is 5. The molecule has 20 heavy (non-hydrogen) atoms. The molecule has 1 atom stereocenters. The molecule has 0 saturated heterocycles. The number of guanidine groups is 1. The van der Waals surface area contributed by atoms with Crippen molar-refractivity contribution in [3.8, 4) is 0 Å². The Bertz CT molecular complexity index is 430. The highest BCUT2D eigenvalue weighted by atomic mass is 127. The normalized spacial score (nSPS) is 11.2. The average Bonchev–Trinajstić information content (AvgIpc) is 2.36. The minimum absolute atomic E-state index is 0. The highest BCUT2D eigenvalue weighted by Gasteiger charge is 2.11. The zero-order chi connectivity index (χ0) is 14.3. The van der Waals surface area contributed by atoms with E-state index >= 15 is 0 Å². The number of aliphatic imine (C=N–C) groups is 1. The third-order valence-corrected chi connectivity index (χ3v) is 2.71. The van der Waals surface area contributed by atoms with Gasteiger partial charge in [-0.05, 0) is 25.5 Å². The lowest BCUT2D eigenvalue weighted by Crippen LogP contribution is -2.37. The zero-order valence-corrected chi connectivity index (χ0v) is 14.4. The summed E-state index contributed by atoms with van der Waals surface area (Å²) in [5.41, 5.74) is 0.484. The molecule has 3 nitrogen and oxygen atoms in total. The van der Waals surface area contributed by atoms with Crippen LogP contribution in [0.25, 0.3) is 0 Å². The van der Waals surface area contributed by atoms with E-state index in [-0.39, 0.29) is 29.9 Å². The van der Waals surface area contributed by atoms with E-state index < -0.39 is 11.6 Å². The van der Waals surface area contributed by atoms with E-state index in [1.807, 2.05) is 20.8 Å². The minimum atomic E-state index is -0.557. The van der Waals surface area contributed by atoms with Crippen molar-refractivity contribution in [3.63, 3.8) is 0 Å². The van der Waals surface area contributed by atoms with Crippen LogP contribution in [0.3, 0.4) is 0 Å². The van der Waals surface area contributed by atoms with Crippen molar-refractivity contribution in [1.82, 2.24) is 10.6 Å². The van der Waals surface area contributed by atoms with E-state index in [0.717, 1.165) is 19.2 Å². The molecule has 1 rings (SSSR count). The summed E-state index contributed by atoms with van der Waals surface area (Å²) < 4.78 is 26.4. The Labute approximate surface area is 136 Å². The maximum absolute atomic E-state index is 13.6. The van der Waals surface area contributed by atoms with Gasteiger partial charge in [0.2, 0.25) is 0 Å². The second kappa shape index (κ2) is 9.90. The predicted molar refractivity (Wildman–Crippen MR) is 89.8 cm³/mol. The number of nitrogens with one attached hydrogen (secondary N) is 2. The predicted octanol–water partition coefficient (Wildman–Crippen LogP) is 3.26. The van der Waals surface area contributed by atoms with Crippen molar-refractivity contribution < 1.29 is 8.78 Å². The standard InChI is InChI=1S/C14H21F2N3.HI/c1-4-17-14(18-5-2)19-9-10(3)12-7-6-11(15)8-13(12)16;/h6-8,10H,4-5,9H2,1-3H3,(H2,17,18,19);1H. The molecule has 0 bridgehead atoms. The van der Waals surface area contributed by atoms with Crippen LogP contribution in [0.2, 0.25) is 0 Å². The van der Waals surface area contributed by atoms with Gasteiger partial charge < -0.3 is 10.6 Å². The van der Waals surface area contributed by atoms with Crippen LogP contribution in [0, 0.1) is 11.6 Å². The third-order valence-electron chi connectivity index (χ3n) is 2.71. The van der Waals surface area contributed by atoms with Crippen molar-refractivity contribution in [2.45, 2.75) is 26.7 Å². The maximum Gasteiger partial charge on any atom is 0.191 e. The zero-order valence-electron chi connectivity index (χ0n) is 12.0. The molecule has 1 unspecified atom stereocenters. The number of halogens is 3. The first kappa shape index (κ1) is 19.1. The lowest BCUT2D eigenvalue weighted by molar-refractivity contribution is 0.560. The molecule has 0 aliphatic carbocycles. The molecule has 0 heterocycles. The summed E-state index contributed by atoms with van der Waals surface area (Å²) in [6.45, 7) is 7.81. The van der Waals surface area contributed by atoms with E-state index in [2.05, 4.69) is 15.6 Å². The monoisotopic (exact) mass is 397 g/mol. The number of nitrogens with zero attached hydrogens (tertiary/aromatic N) is 1. The summed E-state index contributed by atoms with van der Waals surface area (Å²) in [7, 11) is 0. The second-order valence-corrected chi connectivity index (χ2v) is 4.32. The summed E-state index contributed by atoms with van der Waals surface area (Å²) in [6.07, 6.45) is 0. The van der Waals surface area contributed by atoms with Gasteiger partial charge in [0.15, 0.2) is 5.96 Å². The van der Waals surface area contributed by atoms with E-state index in [0.29, 0.717) is 18.1 Å². The fraction of sp³-hybridized carbons (Fsp3) is 0.500. The fourth-order valence-electron chi connectivity index (χ4n) is 1.74. The third kappa shape index (κ3) is 6.02. The number of hydrogen-bond acceptors (Lipinski definition) is 1. The van der Waals surface area contributed by atoms with Crippen LogP contribution in [0.1, 0.15) is 32.3 Å². The first-order valence-electron chi connectivity index (χ1n) is 6.55. The van der Waals surface area contributed by atoms with Gasteiger partial charge in [-0.25, -0.2) is 8.78 Å². The molecular formula is C14H22F2IN3. The summed E-state index contributed by atoms with van der Waals surface area (Å²) in [6, 6.07) is 3.66. The Morgan fingerprint density at radius 1 is 1.20 bits per heavy atom. The number of benzene rings is 1. The molecule has 0 amide bonds. The number of hydrogen-bond donors (Lipinski definition) is 2. The Balaban J connectivity index is 0.00000361. The van der Waals surface area contributed by atoms with E-state index in [1.54, 1.807) is 0 Å². The molecule has 0 fully saturated rings. The Kier molecular flexibility index (Phi) is 9.45. The second-order valence-electron chi connectivity index (χ2n) is 4.32. The van der Waals surface area contributed by atoms with Gasteiger partial charge in [-0.2, -0.15) is 0 Å². The average molecular weight is 397 g/mol. The minimum Gasteiger partial charge on any atom is -0.357 e. The Morgan fingerprint density at radius 3 is 2.30 bits per heavy atom. The van der Waals surface area contributed by atoms with Crippen molar-refractivity contribution in [2.24, 2.45) is 4.99 Å². The maximum atomic E-state index is 13.6. The van der Waals surface area contributed by atoms with E-state index in [4.69, 9.17) is 0 Å². The van der Waals surface area contributed by atoms with Gasteiger partial charge in [0.05, 0.1) is 0 Å². The first-order valence-corrected chi connectivity index (χ1v) is 6.55. The molecule has 0 aromatic heterocycles. The van der Waals surface area contributed by atoms with E-state index in [1.165, 1.54) is 12.1 Å². The van der Waals surface area contributed by atoms with E-state index in [9.17, 15) is 8.78 Å². The van der Waals surface area contributed by atoms with Crippen molar-refractivity contribution in [2.75, 3.05) is 19.6 Å². The highest BCUT2D eigenvalue weighted by Crippen LogP contribution is 2.19. The topological polar surface area (TPSA) is 36.4 Å². The summed E-state index contributed by atoms with van der Waals surface area (Å²) >= 11 is 0. The van der Waals surface area contributed by atoms with Gasteiger partial charge >= 0.3 is 0 Å². The fourth-order valence-corrected chi connectivity index (χ4v) is 1.74. The molecule has 2 N–H and O–H groups in total. The van der Waals surface area contributed by atoms with Gasteiger partial charge in [0, 0.05) is 31.6 Å². The van der Waals surface area contributed by atoms with Crippen LogP contribution in [0.4, 0.5) is 8.78 Å². The van der Waals surface area contributed by atoms with Gasteiger partial charge in [-0.1, -0.05) is 13.0 Å². The Hall–Kier alpha value is -0.920. The van der Waals surface area contributed by atoms with Crippen LogP contribution in [0.5, 0.6) is 0 Å². The lowest BCUT2D eigenvalue weighted by Gasteiger charge is -2.13. The van der Waals surface area contributed by atoms with Crippen molar-refractivity contribution >= 4 is 29.9 Å². The van der Waals surface area contributed by atoms with Crippen LogP contribution in [0.15, 0.2) is 23.2 Å². The largest absolute Gasteiger partial charge is 0.357 e. The molecule has 6 heteroatoms. The van der Waals surface area contributed by atoms with Crippen LogP contribution in [-0.4, -0.2) is 25.6 Å². The lowest BCUT2D eigenvalue weighted by atomic mass is 10.0. The summed E-state index contributed by atoms with van der Waals surface area (Å²) in [5, 5.41) is 6.20. The summed E-state index contributed by atoms with van der Waals surface area (Å²) in [4.78, 5) is 4.38. The van der Waals surface area contributed by atoms with Gasteiger partial charge in [0.1, 0.15) is 11.6 Å². The van der Waals surface area contributed by atoms with Crippen LogP contribution < -0.4 is 10.6 Å². The molecule has 0 aliphatic rings. The molecular weight excluding hydrogens is 375 g/mol. The highest BCUT2D eigenvalue weighted by molar-refractivity contribution is 14.0. The summed E-state index contributed by atoms with van der Waals surface area (Å²) in [5.74, 6) is -0.471. The van der Waals surface area contributed by atoms with Crippen LogP contribution in [-0.2, 0) is 0 Å². The Morgan fingerprint density at radius 2 is 1.80 bits per heavy atom. The smallest absolute Gasteiger partial charge is 0.191 e. The van der Waals surface area contributed by atoms with Crippen molar-refractivity contribution in [1.29, 1.82) is 0 Å². The van der Waals surface area contributed by atoms with Gasteiger partial charge in [-0.3, -0.25) is 4.99 Å². The molecule has 114 valence electrons. The van der Waals surface area contributed by atoms with Crippen molar-refractivity contribution in [3.05, 3.63) is 35.4 Å². The molecule has 1 aromatic carbocycles. The molecule has 1 aromatic rings. The molecule has 0 radical (unpaired) electrons. The molecule has 0 spiro atoms. The molecule has 0 saturated carbocycles. The van der Waals surface area contributed by atoms with Gasteiger partial charge in [0.25, 0.3) is 0 Å². The first-order chi connectivity index (χ1) is 9.08. The quantitative estimate of drug-likeness (QED) is 0.455. The van der Waals surface area contributed by atoms with Gasteiger partial charge in [-0.15, -0.1) is 24.0 Å². The molecule has 0 aliphatic heterocycles.